The molecule has 0 fully saturated rings. The van der Waals surface area contributed by atoms with E-state index in [0.717, 1.165) is 12.8 Å². The van der Waals surface area contributed by atoms with Gasteiger partial charge in [0.2, 0.25) is 11.8 Å². The van der Waals surface area contributed by atoms with E-state index in [-0.39, 0.29) is 23.5 Å². The van der Waals surface area contributed by atoms with E-state index in [4.69, 9.17) is 0 Å². The first kappa shape index (κ1) is 19.0. The van der Waals surface area contributed by atoms with Crippen LogP contribution in [0.4, 0.5) is 0 Å². The minimum absolute atomic E-state index is 0.144. The maximum absolute atomic E-state index is 12.4. The van der Waals surface area contributed by atoms with Gasteiger partial charge in [-0.15, -0.1) is 0 Å². The van der Waals surface area contributed by atoms with Gasteiger partial charge in [0, 0.05) is 12.6 Å². The van der Waals surface area contributed by atoms with E-state index in [9.17, 15) is 14.4 Å². The Labute approximate surface area is 159 Å². The maximum Gasteiger partial charge on any atom is 0.243 e. The summed E-state index contributed by atoms with van der Waals surface area (Å²) in [7, 11) is 0. The fourth-order valence-corrected chi connectivity index (χ4v) is 3.59. The van der Waals surface area contributed by atoms with Crippen LogP contribution in [0.1, 0.15) is 31.4 Å². The number of rotatable bonds is 5. The topological polar surface area (TPSA) is 87.6 Å². The van der Waals surface area contributed by atoms with Crippen LogP contribution in [-0.4, -0.2) is 41.9 Å². The third-order valence-electron chi connectivity index (χ3n) is 5.10. The Hall–Kier alpha value is -2.76. The molecule has 6 nitrogen and oxygen atoms in total. The van der Waals surface area contributed by atoms with Crippen LogP contribution in [0, 0.1) is 5.92 Å². The highest BCUT2D eigenvalue weighted by Crippen LogP contribution is 2.28. The van der Waals surface area contributed by atoms with Gasteiger partial charge < -0.3 is 10.6 Å². The summed E-state index contributed by atoms with van der Waals surface area (Å²) < 4.78 is 0. The fraction of sp³-hybridized carbons (Fsp3) is 0.429. The summed E-state index contributed by atoms with van der Waals surface area (Å²) in [6.07, 6.45) is 6.98. The number of carbonyl (C=O) groups excluding carboxylic acids is 3. The minimum atomic E-state index is -0.723. The largest absolute Gasteiger partial charge is 0.345 e. The van der Waals surface area contributed by atoms with Gasteiger partial charge in [-0.25, -0.2) is 0 Å². The Morgan fingerprint density at radius 1 is 1.22 bits per heavy atom. The lowest BCUT2D eigenvalue weighted by Gasteiger charge is -2.19. The number of nitrogens with one attached hydrogen (secondary N) is 2. The molecule has 2 unspecified atom stereocenters. The molecule has 2 N–H and O–H groups in total. The van der Waals surface area contributed by atoms with Crippen LogP contribution < -0.4 is 10.6 Å². The van der Waals surface area contributed by atoms with Crippen molar-refractivity contribution in [3.05, 3.63) is 47.5 Å². The van der Waals surface area contributed by atoms with Gasteiger partial charge in [0.15, 0.2) is 5.78 Å². The second-order valence-corrected chi connectivity index (χ2v) is 7.28. The van der Waals surface area contributed by atoms with Crippen LogP contribution in [0.5, 0.6) is 0 Å². The molecule has 6 heteroatoms. The lowest BCUT2D eigenvalue weighted by atomic mass is 10.0. The van der Waals surface area contributed by atoms with Crippen molar-refractivity contribution in [2.45, 2.75) is 51.2 Å². The molecule has 0 saturated carbocycles. The van der Waals surface area contributed by atoms with Gasteiger partial charge in [-0.3, -0.25) is 19.4 Å². The first-order valence-electron chi connectivity index (χ1n) is 9.34. The van der Waals surface area contributed by atoms with E-state index in [2.05, 4.69) is 27.8 Å². The summed E-state index contributed by atoms with van der Waals surface area (Å²) in [5, 5.41) is 5.43. The highest BCUT2D eigenvalue weighted by molar-refractivity contribution is 5.98. The summed E-state index contributed by atoms with van der Waals surface area (Å²) in [4.78, 5) is 41.0. The molecule has 3 atom stereocenters. The Morgan fingerprint density at radius 3 is 2.56 bits per heavy atom. The number of carbonyl (C=O) groups is 3. The summed E-state index contributed by atoms with van der Waals surface area (Å²) in [6, 6.07) is 6.31. The van der Waals surface area contributed by atoms with Crippen LogP contribution in [-0.2, 0) is 27.2 Å². The Bertz CT molecular complexity index is 775. The number of aliphatic imine (C=N–C) groups is 1. The van der Waals surface area contributed by atoms with Gasteiger partial charge in [-0.05, 0) is 49.8 Å². The van der Waals surface area contributed by atoms with Crippen LogP contribution in [0.3, 0.4) is 0 Å². The van der Waals surface area contributed by atoms with Gasteiger partial charge >= 0.3 is 0 Å². The number of Topliss-reactive ketones (excluding diaryl/α,β-unsaturated/α-hetero) is 1. The van der Waals surface area contributed by atoms with Crippen LogP contribution in [0.15, 0.2) is 41.4 Å². The highest BCUT2D eigenvalue weighted by atomic mass is 16.2. The minimum Gasteiger partial charge on any atom is -0.345 e. The molecule has 0 spiro atoms. The molecule has 1 aromatic carbocycles. The summed E-state index contributed by atoms with van der Waals surface area (Å²) in [6.45, 7) is 3.32. The number of allylic oxidation sites excluding steroid dienone is 1. The summed E-state index contributed by atoms with van der Waals surface area (Å²) in [5.74, 6) is -0.428. The van der Waals surface area contributed by atoms with Crippen molar-refractivity contribution in [2.24, 2.45) is 10.9 Å². The molecule has 1 aliphatic carbocycles. The molecule has 2 amide bonds. The molecule has 2 aliphatic rings. The number of benzene rings is 1. The molecule has 0 radical (unpaired) electrons. The zero-order chi connectivity index (χ0) is 19.4. The average Bonchev–Trinajstić information content (AvgIpc) is 2.97. The lowest BCUT2D eigenvalue weighted by molar-refractivity contribution is -0.131. The lowest BCUT2D eigenvalue weighted by Crippen LogP contribution is -2.51. The van der Waals surface area contributed by atoms with Crippen LogP contribution >= 0.6 is 0 Å². The molecule has 0 aromatic heterocycles. The van der Waals surface area contributed by atoms with Crippen molar-refractivity contribution < 1.29 is 14.4 Å². The van der Waals surface area contributed by atoms with Crippen LogP contribution in [0.2, 0.25) is 0 Å². The molecule has 1 heterocycles. The van der Waals surface area contributed by atoms with E-state index in [1.165, 1.54) is 11.1 Å². The van der Waals surface area contributed by atoms with E-state index >= 15 is 0 Å². The van der Waals surface area contributed by atoms with Gasteiger partial charge in [0.1, 0.15) is 18.1 Å². The number of nitrogens with zero attached hydrogens (tertiary/aromatic N) is 1. The van der Waals surface area contributed by atoms with E-state index < -0.39 is 18.1 Å². The monoisotopic (exact) mass is 367 g/mol. The Kier molecular flexibility index (Phi) is 5.84. The molecule has 3 rings (SSSR count). The predicted octanol–water partition coefficient (Wildman–Crippen LogP) is 1.38. The van der Waals surface area contributed by atoms with Crippen molar-refractivity contribution in [2.75, 3.05) is 0 Å². The number of amides is 2. The molecule has 1 aliphatic heterocycles. The molecular weight excluding hydrogens is 342 g/mol. The molecular formula is C21H25N3O3. The zero-order valence-electron chi connectivity index (χ0n) is 15.6. The zero-order valence-corrected chi connectivity index (χ0v) is 15.6. The smallest absolute Gasteiger partial charge is 0.243 e. The molecule has 0 bridgehead atoms. The van der Waals surface area contributed by atoms with Crippen molar-refractivity contribution in [3.8, 4) is 0 Å². The van der Waals surface area contributed by atoms with Gasteiger partial charge in [-0.1, -0.05) is 30.3 Å². The standard InChI is InChI=1S/C21H25N3O3/c1-13-20(26)18(8-5-9-22-13)24-21(27)14(2)23-19(25)12-15-10-16-6-3-4-7-17(16)11-15/h3-9,13-15,18H,10-12H2,1-2H3,(H,23,25)(H,24,27)/t13?,14-,18?/m0/s1. The molecule has 142 valence electrons. The van der Waals surface area contributed by atoms with E-state index in [1.807, 2.05) is 12.1 Å². The maximum atomic E-state index is 12.4. The fourth-order valence-electron chi connectivity index (χ4n) is 3.59. The summed E-state index contributed by atoms with van der Waals surface area (Å²) >= 11 is 0. The van der Waals surface area contributed by atoms with Crippen molar-refractivity contribution in [3.63, 3.8) is 0 Å². The Morgan fingerprint density at radius 2 is 1.89 bits per heavy atom. The third-order valence-corrected chi connectivity index (χ3v) is 5.10. The van der Waals surface area contributed by atoms with Gasteiger partial charge in [0.25, 0.3) is 0 Å². The second-order valence-electron chi connectivity index (χ2n) is 7.28. The predicted molar refractivity (Wildman–Crippen MR) is 104 cm³/mol. The second kappa shape index (κ2) is 8.29. The summed E-state index contributed by atoms with van der Waals surface area (Å²) in [5.41, 5.74) is 2.60. The SMILES string of the molecule is CC1N=CC=CC(NC(=O)[C@H](C)NC(=O)CC2Cc3ccccc3C2)C1=O. The number of ketones is 1. The normalized spacial score (nSPS) is 22.8. The first-order valence-corrected chi connectivity index (χ1v) is 9.34. The van der Waals surface area contributed by atoms with Crippen molar-refractivity contribution in [1.29, 1.82) is 0 Å². The molecule has 0 saturated heterocycles. The van der Waals surface area contributed by atoms with Gasteiger partial charge in [-0.2, -0.15) is 0 Å². The quantitative estimate of drug-likeness (QED) is 0.824. The van der Waals surface area contributed by atoms with E-state index in [1.54, 1.807) is 32.2 Å². The van der Waals surface area contributed by atoms with E-state index in [0.29, 0.717) is 6.42 Å². The highest BCUT2D eigenvalue weighted by Gasteiger charge is 2.27. The number of hydrogen-bond donors (Lipinski definition) is 2. The molecule has 1 aromatic rings. The van der Waals surface area contributed by atoms with Crippen LogP contribution in [0.25, 0.3) is 0 Å². The first-order chi connectivity index (χ1) is 12.9. The van der Waals surface area contributed by atoms with Gasteiger partial charge in [0.05, 0.1) is 0 Å². The van der Waals surface area contributed by atoms with Crippen molar-refractivity contribution in [1.82, 2.24) is 10.6 Å². The average molecular weight is 367 g/mol. The number of fused-ring (bicyclic) bond motifs is 1. The Balaban J connectivity index is 1.48. The number of hydrogen-bond acceptors (Lipinski definition) is 4. The third kappa shape index (κ3) is 4.70. The molecule has 27 heavy (non-hydrogen) atoms. The van der Waals surface area contributed by atoms with Crippen molar-refractivity contribution >= 4 is 23.8 Å².